The fourth-order valence-corrected chi connectivity index (χ4v) is 1.68. The van der Waals surface area contributed by atoms with Gasteiger partial charge in [-0.25, -0.2) is 0 Å². The Labute approximate surface area is 123 Å². The normalized spacial score (nSPS) is 13.7. The molecule has 108 valence electrons. The molecular formula is C12H13BrN2O5. The summed E-state index contributed by atoms with van der Waals surface area (Å²) in [5.41, 5.74) is 0. The molecule has 2 rings (SSSR count). The first kappa shape index (κ1) is 14.6. The van der Waals surface area contributed by atoms with Crippen LogP contribution >= 0.6 is 15.9 Å². The zero-order chi connectivity index (χ0) is 14.5. The van der Waals surface area contributed by atoms with Crippen LogP contribution in [0.4, 0.5) is 0 Å². The monoisotopic (exact) mass is 344 g/mol. The summed E-state index contributed by atoms with van der Waals surface area (Å²) in [5, 5.41) is 5.01. The zero-order valence-corrected chi connectivity index (χ0v) is 12.1. The molecule has 1 heterocycles. The van der Waals surface area contributed by atoms with Crippen LogP contribution in [0.3, 0.4) is 0 Å². The zero-order valence-electron chi connectivity index (χ0n) is 10.5. The Bertz CT molecular complexity index is 524. The Hall–Kier alpha value is -1.83. The Kier molecular flexibility index (Phi) is 4.78. The van der Waals surface area contributed by atoms with Crippen molar-refractivity contribution in [2.45, 2.75) is 18.9 Å². The van der Waals surface area contributed by atoms with Crippen molar-refractivity contribution in [3.8, 4) is 0 Å². The molecule has 1 fully saturated rings. The largest absolute Gasteiger partial charge is 0.454 e. The second-order valence-electron chi connectivity index (χ2n) is 4.29. The number of carbonyl (C=O) groups is 3. The van der Waals surface area contributed by atoms with Gasteiger partial charge >= 0.3 is 5.97 Å². The maximum absolute atomic E-state index is 11.5. The molecule has 0 saturated heterocycles. The van der Waals surface area contributed by atoms with E-state index in [4.69, 9.17) is 9.15 Å². The van der Waals surface area contributed by atoms with E-state index in [-0.39, 0.29) is 30.9 Å². The standard InChI is InChI=1S/C12H13BrN2O5/c13-9-4-3-8(20-9)12(18)14-5-11(17)19-6-10(16)15-7-1-2-7/h3-4,7H,1-2,5-6H2,(H,14,18)(H,15,16). The lowest BCUT2D eigenvalue weighted by Crippen LogP contribution is -2.34. The van der Waals surface area contributed by atoms with E-state index in [9.17, 15) is 14.4 Å². The Morgan fingerprint density at radius 3 is 2.70 bits per heavy atom. The predicted molar refractivity (Wildman–Crippen MR) is 70.9 cm³/mol. The van der Waals surface area contributed by atoms with Gasteiger partial charge in [-0.1, -0.05) is 0 Å². The SMILES string of the molecule is O=C(COC(=O)CNC(=O)c1ccc(Br)o1)NC1CC1. The Morgan fingerprint density at radius 1 is 1.35 bits per heavy atom. The maximum atomic E-state index is 11.5. The van der Waals surface area contributed by atoms with Crippen molar-refractivity contribution in [3.05, 3.63) is 22.6 Å². The molecule has 1 aromatic heterocycles. The van der Waals surface area contributed by atoms with Crippen molar-refractivity contribution in [1.82, 2.24) is 10.6 Å². The van der Waals surface area contributed by atoms with Crippen LogP contribution in [-0.2, 0) is 14.3 Å². The minimum atomic E-state index is -0.685. The van der Waals surface area contributed by atoms with Gasteiger partial charge in [-0.3, -0.25) is 14.4 Å². The topological polar surface area (TPSA) is 97.6 Å². The van der Waals surface area contributed by atoms with Crippen molar-refractivity contribution in [1.29, 1.82) is 0 Å². The van der Waals surface area contributed by atoms with Gasteiger partial charge in [0.2, 0.25) is 0 Å². The van der Waals surface area contributed by atoms with Crippen LogP contribution < -0.4 is 10.6 Å². The van der Waals surface area contributed by atoms with Gasteiger partial charge < -0.3 is 19.8 Å². The number of amides is 2. The predicted octanol–water partition coefficient (Wildman–Crippen LogP) is 0.594. The van der Waals surface area contributed by atoms with E-state index in [0.717, 1.165) is 12.8 Å². The van der Waals surface area contributed by atoms with Crippen LogP contribution in [0.25, 0.3) is 0 Å². The highest BCUT2D eigenvalue weighted by molar-refractivity contribution is 9.10. The molecule has 0 spiro atoms. The molecule has 2 amide bonds. The number of halogens is 1. The number of hydrogen-bond donors (Lipinski definition) is 2. The van der Waals surface area contributed by atoms with E-state index in [1.807, 2.05) is 0 Å². The molecule has 7 nitrogen and oxygen atoms in total. The molecule has 0 aliphatic heterocycles. The number of hydrogen-bond acceptors (Lipinski definition) is 5. The fourth-order valence-electron chi connectivity index (χ4n) is 1.37. The van der Waals surface area contributed by atoms with Crippen molar-refractivity contribution in [2.75, 3.05) is 13.2 Å². The smallest absolute Gasteiger partial charge is 0.325 e. The number of furan rings is 1. The molecule has 1 aromatic rings. The van der Waals surface area contributed by atoms with Gasteiger partial charge in [0.1, 0.15) is 6.54 Å². The summed E-state index contributed by atoms with van der Waals surface area (Å²) in [6.07, 6.45) is 1.93. The third-order valence-electron chi connectivity index (χ3n) is 2.50. The van der Waals surface area contributed by atoms with Gasteiger partial charge in [0.05, 0.1) is 0 Å². The second-order valence-corrected chi connectivity index (χ2v) is 5.07. The van der Waals surface area contributed by atoms with E-state index in [1.165, 1.54) is 6.07 Å². The Balaban J connectivity index is 1.64. The highest BCUT2D eigenvalue weighted by atomic mass is 79.9. The quantitative estimate of drug-likeness (QED) is 0.736. The molecular weight excluding hydrogens is 332 g/mol. The molecule has 1 saturated carbocycles. The van der Waals surface area contributed by atoms with Crippen LogP contribution in [0, 0.1) is 0 Å². The van der Waals surface area contributed by atoms with E-state index in [0.29, 0.717) is 4.67 Å². The average Bonchev–Trinajstić information content (AvgIpc) is 3.12. The van der Waals surface area contributed by atoms with E-state index < -0.39 is 11.9 Å². The van der Waals surface area contributed by atoms with Gasteiger partial charge in [0, 0.05) is 6.04 Å². The lowest BCUT2D eigenvalue weighted by Gasteiger charge is -2.06. The summed E-state index contributed by atoms with van der Waals surface area (Å²) in [4.78, 5) is 34.1. The minimum absolute atomic E-state index is 0.0798. The summed E-state index contributed by atoms with van der Waals surface area (Å²) >= 11 is 3.06. The average molecular weight is 345 g/mol. The van der Waals surface area contributed by atoms with Crippen molar-refractivity contribution in [3.63, 3.8) is 0 Å². The van der Waals surface area contributed by atoms with E-state index in [2.05, 4.69) is 26.6 Å². The third-order valence-corrected chi connectivity index (χ3v) is 2.92. The molecule has 20 heavy (non-hydrogen) atoms. The first-order valence-corrected chi connectivity index (χ1v) is 6.82. The highest BCUT2D eigenvalue weighted by Crippen LogP contribution is 2.18. The number of nitrogens with one attached hydrogen (secondary N) is 2. The Morgan fingerprint density at radius 2 is 2.10 bits per heavy atom. The summed E-state index contributed by atoms with van der Waals surface area (Å²) in [6.45, 7) is -0.661. The van der Waals surface area contributed by atoms with Crippen molar-refractivity contribution < 1.29 is 23.5 Å². The maximum Gasteiger partial charge on any atom is 0.325 e. The van der Waals surface area contributed by atoms with Gasteiger partial charge in [-0.2, -0.15) is 0 Å². The van der Waals surface area contributed by atoms with E-state index >= 15 is 0 Å². The molecule has 1 aliphatic carbocycles. The summed E-state index contributed by atoms with van der Waals surface area (Å²) in [6, 6.07) is 3.25. The number of carbonyl (C=O) groups excluding carboxylic acids is 3. The third kappa shape index (κ3) is 4.69. The molecule has 8 heteroatoms. The fraction of sp³-hybridized carbons (Fsp3) is 0.417. The van der Waals surface area contributed by atoms with Crippen LogP contribution in [0.2, 0.25) is 0 Å². The van der Waals surface area contributed by atoms with Gasteiger partial charge in [0.25, 0.3) is 11.8 Å². The highest BCUT2D eigenvalue weighted by Gasteiger charge is 2.23. The first-order chi connectivity index (χ1) is 9.54. The van der Waals surface area contributed by atoms with Crippen LogP contribution in [0.5, 0.6) is 0 Å². The van der Waals surface area contributed by atoms with Crippen molar-refractivity contribution in [2.24, 2.45) is 0 Å². The summed E-state index contributed by atoms with van der Waals surface area (Å²) in [7, 11) is 0. The lowest BCUT2D eigenvalue weighted by atomic mass is 10.4. The molecule has 2 N–H and O–H groups in total. The first-order valence-electron chi connectivity index (χ1n) is 6.03. The molecule has 0 atom stereocenters. The van der Waals surface area contributed by atoms with Crippen LogP contribution in [0.15, 0.2) is 21.2 Å². The lowest BCUT2D eigenvalue weighted by molar-refractivity contribution is -0.147. The number of ether oxygens (including phenoxy) is 1. The molecule has 0 aromatic carbocycles. The van der Waals surface area contributed by atoms with Crippen molar-refractivity contribution >= 4 is 33.7 Å². The van der Waals surface area contributed by atoms with Gasteiger partial charge in [-0.15, -0.1) is 0 Å². The van der Waals surface area contributed by atoms with Crippen LogP contribution in [0.1, 0.15) is 23.4 Å². The summed E-state index contributed by atoms with van der Waals surface area (Å²) in [5.74, 6) is -1.47. The number of esters is 1. The van der Waals surface area contributed by atoms with Gasteiger partial charge in [-0.05, 0) is 40.9 Å². The number of rotatable bonds is 6. The minimum Gasteiger partial charge on any atom is -0.454 e. The van der Waals surface area contributed by atoms with Crippen LogP contribution in [-0.4, -0.2) is 37.0 Å². The molecule has 0 unspecified atom stereocenters. The van der Waals surface area contributed by atoms with Gasteiger partial charge in [0.15, 0.2) is 17.0 Å². The summed E-state index contributed by atoms with van der Waals surface area (Å²) < 4.78 is 10.2. The second kappa shape index (κ2) is 6.56. The molecule has 1 aliphatic rings. The molecule has 0 radical (unpaired) electrons. The molecule has 0 bridgehead atoms. The van der Waals surface area contributed by atoms with E-state index in [1.54, 1.807) is 6.07 Å².